The van der Waals surface area contributed by atoms with Gasteiger partial charge in [0.25, 0.3) is 0 Å². The van der Waals surface area contributed by atoms with Crippen LogP contribution in [0.15, 0.2) is 48.5 Å². The number of carbonyl (C=O) groups excluding carboxylic acids is 1. The summed E-state index contributed by atoms with van der Waals surface area (Å²) < 4.78 is 45.1. The highest BCUT2D eigenvalue weighted by atomic mass is 35.5. The van der Waals surface area contributed by atoms with E-state index >= 15 is 0 Å². The number of benzene rings is 2. The van der Waals surface area contributed by atoms with Crippen LogP contribution >= 0.6 is 11.6 Å². The number of alkyl halides is 3. The fourth-order valence-electron chi connectivity index (χ4n) is 3.90. The third-order valence-electron chi connectivity index (χ3n) is 5.44. The van der Waals surface area contributed by atoms with E-state index in [9.17, 15) is 18.0 Å². The van der Waals surface area contributed by atoms with Gasteiger partial charge in [0.05, 0.1) is 12.6 Å². The maximum Gasteiger partial charge on any atom is 0.451 e. The van der Waals surface area contributed by atoms with E-state index in [1.807, 2.05) is 4.90 Å². The Hall–Kier alpha value is -2.91. The number of ether oxygens (including phenoxy) is 1. The van der Waals surface area contributed by atoms with Crippen molar-refractivity contribution < 1.29 is 22.7 Å². The minimum absolute atomic E-state index is 0.231. The van der Waals surface area contributed by atoms with Crippen LogP contribution in [0.1, 0.15) is 17.4 Å². The predicted molar refractivity (Wildman–Crippen MR) is 115 cm³/mol. The number of rotatable bonds is 4. The Morgan fingerprint density at radius 3 is 2.34 bits per heavy atom. The van der Waals surface area contributed by atoms with Crippen molar-refractivity contribution in [1.29, 1.82) is 0 Å². The molecule has 2 heterocycles. The molecule has 3 aromatic rings. The molecule has 1 saturated heterocycles. The number of para-hydroxylation sites is 1. The molecular formula is C22H20ClF3N4O2. The number of methoxy groups -OCH3 is 1. The van der Waals surface area contributed by atoms with Crippen LogP contribution < -0.4 is 4.90 Å². The SMILES string of the molecule is COC(=O)C(c1ccccc1Cl)N1CCN(c2nc(C(F)(F)F)nc3ccccc23)CC1. The van der Waals surface area contributed by atoms with Crippen LogP contribution in [0.3, 0.4) is 0 Å². The number of esters is 1. The zero-order chi connectivity index (χ0) is 22.9. The Morgan fingerprint density at radius 2 is 1.69 bits per heavy atom. The van der Waals surface area contributed by atoms with Gasteiger partial charge >= 0.3 is 12.1 Å². The topological polar surface area (TPSA) is 58.6 Å². The third-order valence-corrected chi connectivity index (χ3v) is 5.78. The molecule has 0 saturated carbocycles. The molecule has 0 radical (unpaired) electrons. The van der Waals surface area contributed by atoms with E-state index in [0.29, 0.717) is 42.2 Å². The minimum atomic E-state index is -4.65. The number of halogens is 4. The molecular weight excluding hydrogens is 445 g/mol. The summed E-state index contributed by atoms with van der Waals surface area (Å²) in [6.07, 6.45) is -4.65. The number of hydrogen-bond acceptors (Lipinski definition) is 6. The zero-order valence-corrected chi connectivity index (χ0v) is 17.9. The summed E-state index contributed by atoms with van der Waals surface area (Å²) in [5.74, 6) is -1.38. The first kappa shape index (κ1) is 22.3. The van der Waals surface area contributed by atoms with Crippen LogP contribution in [-0.2, 0) is 15.7 Å². The fraction of sp³-hybridized carbons (Fsp3) is 0.318. The average molecular weight is 465 g/mol. The lowest BCUT2D eigenvalue weighted by molar-refractivity contribution is -0.147. The smallest absolute Gasteiger partial charge is 0.451 e. The van der Waals surface area contributed by atoms with Crippen molar-refractivity contribution in [2.45, 2.75) is 12.2 Å². The number of fused-ring (bicyclic) bond motifs is 1. The molecule has 168 valence electrons. The molecule has 1 fully saturated rings. The highest BCUT2D eigenvalue weighted by molar-refractivity contribution is 6.31. The van der Waals surface area contributed by atoms with Gasteiger partial charge in [0, 0.05) is 36.6 Å². The maximum absolute atomic E-state index is 13.4. The molecule has 1 aromatic heterocycles. The largest absolute Gasteiger partial charge is 0.468 e. The van der Waals surface area contributed by atoms with Crippen LogP contribution in [0.4, 0.5) is 19.0 Å². The van der Waals surface area contributed by atoms with Crippen molar-refractivity contribution in [3.63, 3.8) is 0 Å². The molecule has 6 nitrogen and oxygen atoms in total. The van der Waals surface area contributed by atoms with Crippen LogP contribution in [-0.4, -0.2) is 54.1 Å². The number of anilines is 1. The molecule has 0 spiro atoms. The molecule has 2 aromatic carbocycles. The van der Waals surface area contributed by atoms with Crippen molar-refractivity contribution in [1.82, 2.24) is 14.9 Å². The number of carbonyl (C=O) groups is 1. The second kappa shape index (κ2) is 8.91. The van der Waals surface area contributed by atoms with E-state index in [-0.39, 0.29) is 11.3 Å². The minimum Gasteiger partial charge on any atom is -0.468 e. The number of hydrogen-bond donors (Lipinski definition) is 0. The number of aromatic nitrogens is 2. The van der Waals surface area contributed by atoms with Gasteiger partial charge in [-0.1, -0.05) is 41.9 Å². The molecule has 0 aliphatic carbocycles. The molecule has 1 aliphatic rings. The molecule has 1 atom stereocenters. The monoisotopic (exact) mass is 464 g/mol. The van der Waals surface area contributed by atoms with Gasteiger partial charge in [0.15, 0.2) is 0 Å². The van der Waals surface area contributed by atoms with E-state index in [2.05, 4.69) is 9.97 Å². The molecule has 0 N–H and O–H groups in total. The van der Waals surface area contributed by atoms with E-state index in [0.717, 1.165) is 0 Å². The first-order valence-electron chi connectivity index (χ1n) is 9.95. The summed E-state index contributed by atoms with van der Waals surface area (Å²) in [5, 5.41) is 0.992. The van der Waals surface area contributed by atoms with Crippen LogP contribution in [0, 0.1) is 0 Å². The fourth-order valence-corrected chi connectivity index (χ4v) is 4.14. The Kier molecular flexibility index (Phi) is 6.21. The first-order chi connectivity index (χ1) is 15.3. The van der Waals surface area contributed by atoms with Gasteiger partial charge in [-0.05, 0) is 23.8 Å². The summed E-state index contributed by atoms with van der Waals surface area (Å²) in [7, 11) is 1.31. The van der Waals surface area contributed by atoms with Crippen molar-refractivity contribution in [3.05, 3.63) is 64.9 Å². The second-order valence-corrected chi connectivity index (χ2v) is 7.76. The van der Waals surface area contributed by atoms with Gasteiger partial charge in [-0.3, -0.25) is 4.90 Å². The summed E-state index contributed by atoms with van der Waals surface area (Å²) in [6, 6.07) is 13.0. The third kappa shape index (κ3) is 4.35. The van der Waals surface area contributed by atoms with Crippen LogP contribution in [0.25, 0.3) is 10.9 Å². The summed E-state index contributed by atoms with van der Waals surface area (Å²) >= 11 is 6.32. The first-order valence-corrected chi connectivity index (χ1v) is 10.3. The van der Waals surface area contributed by atoms with E-state index in [1.54, 1.807) is 47.4 Å². The molecule has 1 unspecified atom stereocenters. The van der Waals surface area contributed by atoms with E-state index < -0.39 is 24.0 Å². The maximum atomic E-state index is 13.4. The standard InChI is InChI=1S/C22H20ClF3N4O2/c1-32-20(31)18(14-6-2-4-8-16(14)23)29-10-12-30(13-11-29)19-15-7-3-5-9-17(15)27-21(28-19)22(24,25)26/h2-9,18H,10-13H2,1H3. The molecule has 0 bridgehead atoms. The lowest BCUT2D eigenvalue weighted by atomic mass is 10.0. The van der Waals surface area contributed by atoms with Crippen LogP contribution in [0.5, 0.6) is 0 Å². The van der Waals surface area contributed by atoms with E-state index in [4.69, 9.17) is 16.3 Å². The van der Waals surface area contributed by atoms with Gasteiger partial charge < -0.3 is 9.64 Å². The van der Waals surface area contributed by atoms with Gasteiger partial charge in [0.1, 0.15) is 11.9 Å². The summed E-state index contributed by atoms with van der Waals surface area (Å²) in [5.41, 5.74) is 0.858. The van der Waals surface area contributed by atoms with Crippen LogP contribution in [0.2, 0.25) is 5.02 Å². The average Bonchev–Trinajstić information content (AvgIpc) is 2.79. The highest BCUT2D eigenvalue weighted by Crippen LogP contribution is 2.34. The summed E-state index contributed by atoms with van der Waals surface area (Å²) in [6.45, 7) is 1.56. The van der Waals surface area contributed by atoms with Crippen molar-refractivity contribution in [3.8, 4) is 0 Å². The van der Waals surface area contributed by atoms with Gasteiger partial charge in [-0.2, -0.15) is 13.2 Å². The molecule has 1 aliphatic heterocycles. The van der Waals surface area contributed by atoms with E-state index in [1.165, 1.54) is 13.2 Å². The molecule has 32 heavy (non-hydrogen) atoms. The van der Waals surface area contributed by atoms with Crippen molar-refractivity contribution in [2.75, 3.05) is 38.2 Å². The van der Waals surface area contributed by atoms with Crippen molar-refractivity contribution in [2.24, 2.45) is 0 Å². The Morgan fingerprint density at radius 1 is 1.03 bits per heavy atom. The van der Waals surface area contributed by atoms with Gasteiger partial charge in [-0.25, -0.2) is 14.8 Å². The zero-order valence-electron chi connectivity index (χ0n) is 17.1. The lowest BCUT2D eigenvalue weighted by Gasteiger charge is -2.39. The number of piperazine rings is 1. The molecule has 10 heteroatoms. The molecule has 4 rings (SSSR count). The van der Waals surface area contributed by atoms with Crippen molar-refractivity contribution >= 4 is 34.3 Å². The highest BCUT2D eigenvalue weighted by Gasteiger charge is 2.37. The Bertz CT molecular complexity index is 1130. The molecule has 0 amide bonds. The number of nitrogens with zero attached hydrogens (tertiary/aromatic N) is 4. The summed E-state index contributed by atoms with van der Waals surface area (Å²) in [4.78, 5) is 23.8. The quantitative estimate of drug-likeness (QED) is 0.535. The Balaban J connectivity index is 1.63. The van der Waals surface area contributed by atoms with Gasteiger partial charge in [0.2, 0.25) is 5.82 Å². The lowest BCUT2D eigenvalue weighted by Crippen LogP contribution is -2.50. The van der Waals surface area contributed by atoms with Gasteiger partial charge in [-0.15, -0.1) is 0 Å². The normalized spacial score (nSPS) is 16.2. The predicted octanol–water partition coefficient (Wildman–Crippen LogP) is 4.34. The Labute approximate surface area is 187 Å². The second-order valence-electron chi connectivity index (χ2n) is 7.36.